The monoisotopic (exact) mass is 393 g/mol. The molecule has 0 saturated heterocycles. The van der Waals surface area contributed by atoms with Crippen LogP contribution in [0.3, 0.4) is 0 Å². The highest BCUT2D eigenvalue weighted by atomic mass is 16.2. The summed E-state index contributed by atoms with van der Waals surface area (Å²) in [5.41, 5.74) is 3.46. The van der Waals surface area contributed by atoms with Gasteiger partial charge in [0.15, 0.2) is 0 Å². The molecule has 0 aromatic heterocycles. The van der Waals surface area contributed by atoms with E-state index in [0.29, 0.717) is 13.0 Å². The van der Waals surface area contributed by atoms with Crippen LogP contribution in [0.2, 0.25) is 0 Å². The number of hydrogen-bond acceptors (Lipinski definition) is 3. The largest absolute Gasteiger partial charge is 0.348 e. The van der Waals surface area contributed by atoms with Crippen LogP contribution >= 0.6 is 0 Å². The van der Waals surface area contributed by atoms with Gasteiger partial charge in [-0.15, -0.1) is 0 Å². The third kappa shape index (κ3) is 5.24. The second kappa shape index (κ2) is 9.70. The van der Waals surface area contributed by atoms with Crippen LogP contribution in [0.1, 0.15) is 49.9 Å². The van der Waals surface area contributed by atoms with Gasteiger partial charge < -0.3 is 16.0 Å². The first kappa shape index (κ1) is 21.1. The minimum Gasteiger partial charge on any atom is -0.348 e. The number of fused-ring (bicyclic) bond motifs is 1. The van der Waals surface area contributed by atoms with Crippen LogP contribution in [-0.2, 0) is 22.6 Å². The Morgan fingerprint density at radius 2 is 1.66 bits per heavy atom. The zero-order chi connectivity index (χ0) is 20.8. The molecule has 3 rings (SSSR count). The van der Waals surface area contributed by atoms with Crippen molar-refractivity contribution < 1.29 is 9.59 Å². The first-order chi connectivity index (χ1) is 14.0. The van der Waals surface area contributed by atoms with E-state index < -0.39 is 6.04 Å². The minimum atomic E-state index is -0.558. The van der Waals surface area contributed by atoms with E-state index in [9.17, 15) is 9.59 Å². The zero-order valence-corrected chi connectivity index (χ0v) is 17.4. The molecule has 3 N–H and O–H groups in total. The lowest BCUT2D eigenvalue weighted by atomic mass is 9.94. The van der Waals surface area contributed by atoms with Crippen molar-refractivity contribution in [3.8, 4) is 0 Å². The molecule has 1 aliphatic heterocycles. The number of nitrogens with one attached hydrogen (secondary N) is 3. The fourth-order valence-electron chi connectivity index (χ4n) is 3.72. The minimum absolute atomic E-state index is 0.0396. The van der Waals surface area contributed by atoms with E-state index in [4.69, 9.17) is 0 Å². The van der Waals surface area contributed by atoms with Gasteiger partial charge in [0.05, 0.1) is 12.1 Å². The Morgan fingerprint density at radius 1 is 1.00 bits per heavy atom. The molecule has 0 radical (unpaired) electrons. The summed E-state index contributed by atoms with van der Waals surface area (Å²) in [4.78, 5) is 25.9. The molecular weight excluding hydrogens is 362 g/mol. The van der Waals surface area contributed by atoms with Gasteiger partial charge in [0.1, 0.15) is 6.04 Å². The van der Waals surface area contributed by atoms with Crippen LogP contribution in [0.25, 0.3) is 0 Å². The predicted molar refractivity (Wildman–Crippen MR) is 115 cm³/mol. The van der Waals surface area contributed by atoms with Crippen LogP contribution in [0.15, 0.2) is 54.6 Å². The first-order valence-corrected chi connectivity index (χ1v) is 10.5. The van der Waals surface area contributed by atoms with Crippen LogP contribution in [0.5, 0.6) is 0 Å². The van der Waals surface area contributed by atoms with Gasteiger partial charge in [0.2, 0.25) is 11.8 Å². The van der Waals surface area contributed by atoms with Crippen molar-refractivity contribution in [1.29, 1.82) is 0 Å². The molecule has 0 spiro atoms. The van der Waals surface area contributed by atoms with E-state index in [-0.39, 0.29) is 29.8 Å². The summed E-state index contributed by atoms with van der Waals surface area (Å²) in [6, 6.07) is 17.0. The maximum absolute atomic E-state index is 13.0. The Labute approximate surface area is 173 Å². The molecule has 2 aromatic rings. The highest BCUT2D eigenvalue weighted by Crippen LogP contribution is 2.18. The van der Waals surface area contributed by atoms with Gasteiger partial charge in [-0.2, -0.15) is 0 Å². The Balaban J connectivity index is 1.66. The molecule has 4 unspecified atom stereocenters. The molecule has 29 heavy (non-hydrogen) atoms. The van der Waals surface area contributed by atoms with Crippen molar-refractivity contribution >= 4 is 11.8 Å². The number of hydrogen-bond donors (Lipinski definition) is 3. The van der Waals surface area contributed by atoms with Gasteiger partial charge in [0, 0.05) is 6.54 Å². The average Bonchev–Trinajstić information content (AvgIpc) is 2.76. The summed E-state index contributed by atoms with van der Waals surface area (Å²) in [6.07, 6.45) is 1.44. The molecular formula is C24H31N3O2. The average molecular weight is 394 g/mol. The third-order valence-corrected chi connectivity index (χ3v) is 5.85. The second-order valence-corrected chi connectivity index (χ2v) is 7.92. The summed E-state index contributed by atoms with van der Waals surface area (Å²) in [7, 11) is 0. The molecule has 0 fully saturated rings. The van der Waals surface area contributed by atoms with Crippen molar-refractivity contribution in [1.82, 2.24) is 16.0 Å². The van der Waals surface area contributed by atoms with Crippen molar-refractivity contribution in [2.75, 3.05) is 0 Å². The third-order valence-electron chi connectivity index (χ3n) is 5.85. The highest BCUT2D eigenvalue weighted by molar-refractivity contribution is 5.90. The van der Waals surface area contributed by atoms with Crippen LogP contribution in [0, 0.1) is 5.92 Å². The zero-order valence-electron chi connectivity index (χ0n) is 17.4. The molecule has 2 amide bonds. The molecule has 0 aliphatic carbocycles. The molecule has 1 aliphatic rings. The summed E-state index contributed by atoms with van der Waals surface area (Å²) in [6.45, 7) is 6.66. The topological polar surface area (TPSA) is 70.2 Å². The van der Waals surface area contributed by atoms with E-state index in [1.54, 1.807) is 0 Å². The van der Waals surface area contributed by atoms with Crippen LogP contribution in [0.4, 0.5) is 0 Å². The summed E-state index contributed by atoms with van der Waals surface area (Å²) < 4.78 is 0. The smallest absolute Gasteiger partial charge is 0.243 e. The lowest BCUT2D eigenvalue weighted by Gasteiger charge is -2.30. The molecule has 0 saturated carbocycles. The Bertz CT molecular complexity index is 837. The van der Waals surface area contributed by atoms with Gasteiger partial charge in [-0.25, -0.2) is 0 Å². The van der Waals surface area contributed by atoms with Gasteiger partial charge in [-0.1, -0.05) is 74.9 Å². The van der Waals surface area contributed by atoms with Gasteiger partial charge in [0.25, 0.3) is 0 Å². The Kier molecular flexibility index (Phi) is 7.04. The van der Waals surface area contributed by atoms with E-state index in [1.807, 2.05) is 63.2 Å². The number of rotatable bonds is 7. The maximum atomic E-state index is 13.0. The van der Waals surface area contributed by atoms with Gasteiger partial charge >= 0.3 is 0 Å². The maximum Gasteiger partial charge on any atom is 0.243 e. The predicted octanol–water partition coefficient (Wildman–Crippen LogP) is 3.11. The standard InChI is InChI=1S/C24H31N3O2/c1-4-16(2)22(24(29)26-17(3)18-10-6-5-7-11-18)27-23(28)21-14-19-12-8-9-13-20(19)15-25-21/h5-13,16-17,21-22,25H,4,14-15H2,1-3H3,(H,26,29)(H,27,28). The number of benzene rings is 2. The molecule has 0 bridgehead atoms. The SMILES string of the molecule is CCC(C)C(NC(=O)C1Cc2ccccc2CN1)C(=O)NC(C)c1ccccc1. The molecule has 1 heterocycles. The van der Waals surface area contributed by atoms with Crippen molar-refractivity contribution in [2.45, 2.75) is 58.3 Å². The van der Waals surface area contributed by atoms with E-state index >= 15 is 0 Å². The number of carbonyl (C=O) groups is 2. The Morgan fingerprint density at radius 3 is 2.34 bits per heavy atom. The fraction of sp³-hybridized carbons (Fsp3) is 0.417. The molecule has 5 heteroatoms. The number of carbonyl (C=O) groups excluding carboxylic acids is 2. The molecule has 154 valence electrons. The van der Waals surface area contributed by atoms with Gasteiger partial charge in [-0.3, -0.25) is 9.59 Å². The van der Waals surface area contributed by atoms with Crippen molar-refractivity contribution in [2.24, 2.45) is 5.92 Å². The van der Waals surface area contributed by atoms with E-state index in [0.717, 1.165) is 12.0 Å². The lowest BCUT2D eigenvalue weighted by molar-refractivity contribution is -0.131. The Hall–Kier alpha value is -2.66. The first-order valence-electron chi connectivity index (χ1n) is 10.5. The van der Waals surface area contributed by atoms with E-state index in [2.05, 4.69) is 28.1 Å². The summed E-state index contributed by atoms with van der Waals surface area (Å²) in [5.74, 6) is -0.217. The summed E-state index contributed by atoms with van der Waals surface area (Å²) in [5, 5.41) is 9.37. The fourth-order valence-corrected chi connectivity index (χ4v) is 3.72. The van der Waals surface area contributed by atoms with E-state index in [1.165, 1.54) is 11.1 Å². The molecule has 5 nitrogen and oxygen atoms in total. The highest BCUT2D eigenvalue weighted by Gasteiger charge is 2.31. The normalized spacial score (nSPS) is 18.8. The summed E-state index contributed by atoms with van der Waals surface area (Å²) >= 11 is 0. The van der Waals surface area contributed by atoms with Gasteiger partial charge in [-0.05, 0) is 36.0 Å². The molecule has 4 atom stereocenters. The lowest BCUT2D eigenvalue weighted by Crippen LogP contribution is -2.56. The second-order valence-electron chi connectivity index (χ2n) is 7.92. The van der Waals surface area contributed by atoms with Crippen LogP contribution < -0.4 is 16.0 Å². The van der Waals surface area contributed by atoms with Crippen molar-refractivity contribution in [3.05, 3.63) is 71.3 Å². The quantitative estimate of drug-likeness (QED) is 0.677. The van der Waals surface area contributed by atoms with Crippen molar-refractivity contribution in [3.63, 3.8) is 0 Å². The number of amides is 2. The van der Waals surface area contributed by atoms with Crippen LogP contribution in [-0.4, -0.2) is 23.9 Å². The molecule has 2 aromatic carbocycles.